The van der Waals surface area contributed by atoms with Crippen LogP contribution in [0.25, 0.3) is 0 Å². The molecule has 1 aliphatic heterocycles. The summed E-state index contributed by atoms with van der Waals surface area (Å²) in [7, 11) is 1.69. The molecule has 122 valence electrons. The molecular formula is C19H23FN2O. The highest BCUT2D eigenvalue weighted by Crippen LogP contribution is 2.29. The first-order valence-electron chi connectivity index (χ1n) is 8.00. The van der Waals surface area contributed by atoms with Crippen molar-refractivity contribution in [3.05, 3.63) is 65.5 Å². The molecule has 2 aromatic carbocycles. The summed E-state index contributed by atoms with van der Waals surface area (Å²) in [4.78, 5) is 2.35. The average molecular weight is 314 g/mol. The molecule has 2 unspecified atom stereocenters. The van der Waals surface area contributed by atoms with Gasteiger partial charge in [0, 0.05) is 25.7 Å². The maximum Gasteiger partial charge on any atom is 0.123 e. The van der Waals surface area contributed by atoms with Crippen molar-refractivity contribution in [2.24, 2.45) is 5.73 Å². The predicted octanol–water partition coefficient (Wildman–Crippen LogP) is 3.15. The Morgan fingerprint density at radius 1 is 1.17 bits per heavy atom. The fourth-order valence-electron chi connectivity index (χ4n) is 3.35. The smallest absolute Gasteiger partial charge is 0.123 e. The molecule has 1 saturated heterocycles. The zero-order valence-corrected chi connectivity index (χ0v) is 13.4. The lowest BCUT2D eigenvalue weighted by molar-refractivity contribution is 0.181. The Hall–Kier alpha value is -1.91. The highest BCUT2D eigenvalue weighted by atomic mass is 19.1. The van der Waals surface area contributed by atoms with E-state index in [0.717, 1.165) is 37.4 Å². The predicted molar refractivity (Wildman–Crippen MR) is 90.0 cm³/mol. The molecule has 23 heavy (non-hydrogen) atoms. The van der Waals surface area contributed by atoms with Crippen molar-refractivity contribution in [1.82, 2.24) is 4.90 Å². The minimum Gasteiger partial charge on any atom is -0.497 e. The van der Waals surface area contributed by atoms with Crippen molar-refractivity contribution in [1.29, 1.82) is 0 Å². The van der Waals surface area contributed by atoms with Crippen LogP contribution in [0, 0.1) is 5.82 Å². The van der Waals surface area contributed by atoms with E-state index in [1.807, 2.05) is 24.3 Å². The number of methoxy groups -OCH3 is 1. The fourth-order valence-corrected chi connectivity index (χ4v) is 3.35. The number of nitrogens with zero attached hydrogens (tertiary/aromatic N) is 1. The number of halogens is 1. The quantitative estimate of drug-likeness (QED) is 0.942. The molecule has 0 aliphatic carbocycles. The van der Waals surface area contributed by atoms with Gasteiger partial charge in [-0.05, 0) is 47.7 Å². The Morgan fingerprint density at radius 3 is 2.70 bits per heavy atom. The number of hydrogen-bond acceptors (Lipinski definition) is 3. The number of rotatable bonds is 4. The second-order valence-electron chi connectivity index (χ2n) is 6.29. The van der Waals surface area contributed by atoms with Crippen molar-refractivity contribution >= 4 is 0 Å². The summed E-state index contributed by atoms with van der Waals surface area (Å²) in [6.07, 6.45) is 0.979. The van der Waals surface area contributed by atoms with Gasteiger partial charge in [-0.2, -0.15) is 0 Å². The molecule has 1 fully saturated rings. The minimum absolute atomic E-state index is 0.153. The summed E-state index contributed by atoms with van der Waals surface area (Å²) >= 11 is 0. The third-order valence-electron chi connectivity index (χ3n) is 4.44. The molecule has 0 amide bonds. The number of piperidine rings is 1. The Bertz CT molecular complexity index is 644. The van der Waals surface area contributed by atoms with Crippen LogP contribution in [0.3, 0.4) is 0 Å². The van der Waals surface area contributed by atoms with E-state index in [1.165, 1.54) is 17.7 Å². The van der Waals surface area contributed by atoms with Crippen LogP contribution in [-0.2, 0) is 6.54 Å². The van der Waals surface area contributed by atoms with E-state index in [-0.39, 0.29) is 11.9 Å². The Morgan fingerprint density at radius 2 is 1.96 bits per heavy atom. The van der Waals surface area contributed by atoms with Gasteiger partial charge in [-0.15, -0.1) is 0 Å². The molecule has 0 bridgehead atoms. The van der Waals surface area contributed by atoms with Crippen molar-refractivity contribution in [3.8, 4) is 5.75 Å². The van der Waals surface area contributed by atoms with Gasteiger partial charge in [0.25, 0.3) is 0 Å². The molecule has 2 aromatic rings. The van der Waals surface area contributed by atoms with Crippen molar-refractivity contribution in [3.63, 3.8) is 0 Å². The number of benzene rings is 2. The van der Waals surface area contributed by atoms with E-state index in [1.54, 1.807) is 7.11 Å². The van der Waals surface area contributed by atoms with Gasteiger partial charge >= 0.3 is 0 Å². The van der Waals surface area contributed by atoms with Gasteiger partial charge < -0.3 is 10.5 Å². The van der Waals surface area contributed by atoms with E-state index in [0.29, 0.717) is 5.92 Å². The van der Waals surface area contributed by atoms with Crippen LogP contribution in [0.4, 0.5) is 4.39 Å². The summed E-state index contributed by atoms with van der Waals surface area (Å²) in [6.45, 7) is 2.63. The van der Waals surface area contributed by atoms with Crippen LogP contribution in [0.5, 0.6) is 5.75 Å². The summed E-state index contributed by atoms with van der Waals surface area (Å²) in [5, 5.41) is 0. The molecule has 0 spiro atoms. The highest BCUT2D eigenvalue weighted by molar-refractivity contribution is 5.31. The maximum atomic E-state index is 13.0. The maximum absolute atomic E-state index is 13.0. The number of likely N-dealkylation sites (tertiary alicyclic amines) is 1. The molecular weight excluding hydrogens is 291 g/mol. The fraction of sp³-hybridized carbons (Fsp3) is 0.368. The lowest BCUT2D eigenvalue weighted by atomic mass is 9.88. The summed E-state index contributed by atoms with van der Waals surface area (Å²) in [5.41, 5.74) is 8.65. The summed E-state index contributed by atoms with van der Waals surface area (Å²) < 4.78 is 18.4. The molecule has 2 atom stereocenters. The minimum atomic E-state index is -0.196. The molecule has 0 aromatic heterocycles. The second-order valence-corrected chi connectivity index (χ2v) is 6.29. The number of hydrogen-bond donors (Lipinski definition) is 1. The Balaban J connectivity index is 1.72. The van der Waals surface area contributed by atoms with Gasteiger partial charge in [0.2, 0.25) is 0 Å². The van der Waals surface area contributed by atoms with E-state index in [2.05, 4.69) is 17.0 Å². The second kappa shape index (κ2) is 7.11. The molecule has 3 nitrogen and oxygen atoms in total. The van der Waals surface area contributed by atoms with Crippen LogP contribution in [0.15, 0.2) is 48.5 Å². The largest absolute Gasteiger partial charge is 0.497 e. The van der Waals surface area contributed by atoms with E-state index < -0.39 is 0 Å². The number of ether oxygens (including phenoxy) is 1. The molecule has 4 heteroatoms. The SMILES string of the molecule is COc1cccc(C2CC(N)CN(Cc3ccc(F)cc3)C2)c1. The molecule has 1 heterocycles. The van der Waals surface area contributed by atoms with Gasteiger partial charge in [0.05, 0.1) is 7.11 Å². The van der Waals surface area contributed by atoms with Crippen LogP contribution >= 0.6 is 0 Å². The number of nitrogens with two attached hydrogens (primary N) is 1. The van der Waals surface area contributed by atoms with E-state index >= 15 is 0 Å². The van der Waals surface area contributed by atoms with Crippen LogP contribution in [-0.4, -0.2) is 31.1 Å². The molecule has 1 aliphatic rings. The van der Waals surface area contributed by atoms with Gasteiger partial charge in [0.15, 0.2) is 0 Å². The Kier molecular flexibility index (Phi) is 4.94. The zero-order chi connectivity index (χ0) is 16.2. The first kappa shape index (κ1) is 16.0. The standard InChI is InChI=1S/C19H23FN2O/c1-23-19-4-2-3-15(10-19)16-9-18(21)13-22(12-16)11-14-5-7-17(20)8-6-14/h2-8,10,16,18H,9,11-13,21H2,1H3. The molecule has 0 saturated carbocycles. The first-order chi connectivity index (χ1) is 11.1. The van der Waals surface area contributed by atoms with Crippen LogP contribution < -0.4 is 10.5 Å². The summed E-state index contributed by atoms with van der Waals surface area (Å²) in [5.74, 6) is 1.08. The summed E-state index contributed by atoms with van der Waals surface area (Å²) in [6, 6.07) is 15.1. The van der Waals surface area contributed by atoms with Gasteiger partial charge in [0.1, 0.15) is 11.6 Å². The highest BCUT2D eigenvalue weighted by Gasteiger charge is 2.26. The van der Waals surface area contributed by atoms with Gasteiger partial charge in [-0.25, -0.2) is 4.39 Å². The monoisotopic (exact) mass is 314 g/mol. The van der Waals surface area contributed by atoms with E-state index in [9.17, 15) is 4.39 Å². The lowest BCUT2D eigenvalue weighted by Crippen LogP contribution is -2.45. The normalized spacial score (nSPS) is 22.0. The van der Waals surface area contributed by atoms with E-state index in [4.69, 9.17) is 10.5 Å². The van der Waals surface area contributed by atoms with Crippen LogP contribution in [0.2, 0.25) is 0 Å². The molecule has 3 rings (SSSR count). The third kappa shape index (κ3) is 4.09. The van der Waals surface area contributed by atoms with Gasteiger partial charge in [-0.3, -0.25) is 4.90 Å². The molecule has 2 N–H and O–H groups in total. The van der Waals surface area contributed by atoms with Gasteiger partial charge in [-0.1, -0.05) is 24.3 Å². The molecule has 0 radical (unpaired) electrons. The first-order valence-corrected chi connectivity index (χ1v) is 8.00. The lowest BCUT2D eigenvalue weighted by Gasteiger charge is -2.36. The van der Waals surface area contributed by atoms with Crippen molar-refractivity contribution in [2.75, 3.05) is 20.2 Å². The average Bonchev–Trinajstić information content (AvgIpc) is 2.56. The third-order valence-corrected chi connectivity index (χ3v) is 4.44. The van der Waals surface area contributed by atoms with Crippen molar-refractivity contribution in [2.45, 2.75) is 24.9 Å². The van der Waals surface area contributed by atoms with Crippen molar-refractivity contribution < 1.29 is 9.13 Å². The zero-order valence-electron chi connectivity index (χ0n) is 13.4. The van der Waals surface area contributed by atoms with Crippen LogP contribution in [0.1, 0.15) is 23.5 Å². The topological polar surface area (TPSA) is 38.5 Å². The Labute approximate surface area is 136 Å².